The summed E-state index contributed by atoms with van der Waals surface area (Å²) in [7, 11) is 1.83. The largest absolute Gasteiger partial charge is 0.444 e. The van der Waals surface area contributed by atoms with Gasteiger partial charge in [-0.05, 0) is 71.5 Å². The number of piperidine rings is 1. The minimum absolute atomic E-state index is 0.0911. The molecule has 7 nitrogen and oxygen atoms in total. The first kappa shape index (κ1) is 24.4. The van der Waals surface area contributed by atoms with Crippen molar-refractivity contribution in [2.24, 2.45) is 10.9 Å². The van der Waals surface area contributed by atoms with Gasteiger partial charge in [0.25, 0.3) is 0 Å². The molecule has 2 heterocycles. The summed E-state index contributed by atoms with van der Waals surface area (Å²) in [5, 5.41) is 6.56. The number of carbonyl (C=O) groups excluding carboxylic acids is 1. The van der Waals surface area contributed by atoms with Gasteiger partial charge in [0.2, 0.25) is 0 Å². The van der Waals surface area contributed by atoms with Gasteiger partial charge in [0.15, 0.2) is 5.96 Å². The van der Waals surface area contributed by atoms with Crippen LogP contribution in [-0.4, -0.2) is 73.3 Å². The number of hydrogen-bond donors (Lipinski definition) is 2. The van der Waals surface area contributed by atoms with Crippen LogP contribution in [0.25, 0.3) is 0 Å². The molecule has 2 aliphatic rings. The van der Waals surface area contributed by atoms with E-state index >= 15 is 0 Å². The van der Waals surface area contributed by atoms with Gasteiger partial charge in [-0.2, -0.15) is 0 Å². The average Bonchev–Trinajstić information content (AvgIpc) is 3.18. The number of alkyl carbamates (subject to hydrolysis) is 1. The molecule has 0 spiro atoms. The number of amides is 1. The highest BCUT2D eigenvalue weighted by Crippen LogP contribution is 2.19. The molecule has 2 N–H and O–H groups in total. The second kappa shape index (κ2) is 11.0. The lowest BCUT2D eigenvalue weighted by Gasteiger charge is -2.33. The summed E-state index contributed by atoms with van der Waals surface area (Å²) < 4.78 is 5.38. The number of nitrogens with zero attached hydrogens (tertiary/aromatic N) is 3. The minimum atomic E-state index is -0.477. The molecule has 2 fully saturated rings. The highest BCUT2D eigenvalue weighted by atomic mass is 16.6. The number of nitrogens with one attached hydrogen (secondary N) is 2. The Labute approximate surface area is 193 Å². The van der Waals surface area contributed by atoms with Crippen LogP contribution < -0.4 is 10.6 Å². The van der Waals surface area contributed by atoms with Crippen LogP contribution in [0.15, 0.2) is 29.3 Å². The summed E-state index contributed by atoms with van der Waals surface area (Å²) in [6.45, 7) is 13.7. The molecule has 1 amide bonds. The Morgan fingerprint density at radius 3 is 2.44 bits per heavy atom. The zero-order valence-electron chi connectivity index (χ0n) is 20.5. The van der Waals surface area contributed by atoms with E-state index in [1.54, 1.807) is 0 Å². The number of benzene rings is 1. The number of likely N-dealkylation sites (tertiary alicyclic amines) is 2. The van der Waals surface area contributed by atoms with Gasteiger partial charge >= 0.3 is 6.09 Å². The highest BCUT2D eigenvalue weighted by Gasteiger charge is 2.28. The standard InChI is InChI=1S/C25H41N5O2/c1-19-6-8-21(9-7-19)17-29-13-10-20(11-14-29)16-27-23(26-5)30-15-12-22(18-30)28-24(31)32-25(2,3)4/h6-9,20,22H,10-18H2,1-5H3,(H,26,27)(H,28,31). The molecule has 32 heavy (non-hydrogen) atoms. The third-order valence-corrected chi connectivity index (χ3v) is 6.20. The van der Waals surface area contributed by atoms with E-state index < -0.39 is 5.60 Å². The molecule has 0 aromatic heterocycles. The van der Waals surface area contributed by atoms with E-state index in [-0.39, 0.29) is 12.1 Å². The molecule has 2 saturated heterocycles. The first-order valence-electron chi connectivity index (χ1n) is 11.9. The maximum Gasteiger partial charge on any atom is 0.407 e. The van der Waals surface area contributed by atoms with Gasteiger partial charge < -0.3 is 20.3 Å². The van der Waals surface area contributed by atoms with Gasteiger partial charge in [-0.15, -0.1) is 0 Å². The molecular weight excluding hydrogens is 402 g/mol. The molecule has 7 heteroatoms. The molecule has 0 bridgehead atoms. The van der Waals surface area contributed by atoms with Crippen LogP contribution in [0.1, 0.15) is 51.2 Å². The molecule has 2 aliphatic heterocycles. The van der Waals surface area contributed by atoms with E-state index in [0.29, 0.717) is 5.92 Å². The third kappa shape index (κ3) is 7.69. The van der Waals surface area contributed by atoms with Crippen molar-refractivity contribution in [3.05, 3.63) is 35.4 Å². The summed E-state index contributed by atoms with van der Waals surface area (Å²) >= 11 is 0. The molecular formula is C25H41N5O2. The van der Waals surface area contributed by atoms with E-state index in [2.05, 4.69) is 56.6 Å². The quantitative estimate of drug-likeness (QED) is 0.539. The fourth-order valence-corrected chi connectivity index (χ4v) is 4.41. The fourth-order valence-electron chi connectivity index (χ4n) is 4.41. The number of carbonyl (C=O) groups is 1. The lowest BCUT2D eigenvalue weighted by molar-refractivity contribution is 0.0507. The number of guanidine groups is 1. The molecule has 0 radical (unpaired) electrons. The van der Waals surface area contributed by atoms with Crippen molar-refractivity contribution in [2.75, 3.05) is 39.8 Å². The second-order valence-electron chi connectivity index (χ2n) is 10.2. The lowest BCUT2D eigenvalue weighted by Crippen LogP contribution is -2.46. The van der Waals surface area contributed by atoms with Crippen molar-refractivity contribution in [3.8, 4) is 0 Å². The zero-order chi connectivity index (χ0) is 23.1. The summed E-state index contributed by atoms with van der Waals surface area (Å²) in [5.74, 6) is 1.60. The Morgan fingerprint density at radius 1 is 1.12 bits per heavy atom. The molecule has 0 saturated carbocycles. The van der Waals surface area contributed by atoms with E-state index in [0.717, 1.165) is 51.6 Å². The zero-order valence-corrected chi connectivity index (χ0v) is 20.5. The van der Waals surface area contributed by atoms with Crippen LogP contribution in [0.5, 0.6) is 0 Å². The van der Waals surface area contributed by atoms with Gasteiger partial charge in [0.1, 0.15) is 5.60 Å². The van der Waals surface area contributed by atoms with E-state index in [4.69, 9.17) is 4.74 Å². The fraction of sp³-hybridized carbons (Fsp3) is 0.680. The number of aliphatic imine (C=N–C) groups is 1. The number of rotatable bonds is 5. The molecule has 3 rings (SSSR count). The SMILES string of the molecule is CN=C(NCC1CCN(Cc2ccc(C)cc2)CC1)N1CCC(NC(=O)OC(C)(C)C)C1. The van der Waals surface area contributed by atoms with Gasteiger partial charge in [-0.1, -0.05) is 29.8 Å². The van der Waals surface area contributed by atoms with Crippen LogP contribution in [0, 0.1) is 12.8 Å². The number of ether oxygens (including phenoxy) is 1. The summed E-state index contributed by atoms with van der Waals surface area (Å²) in [5.41, 5.74) is 2.24. The maximum atomic E-state index is 12.0. The average molecular weight is 444 g/mol. The summed E-state index contributed by atoms with van der Waals surface area (Å²) in [6.07, 6.45) is 2.97. The molecule has 0 aliphatic carbocycles. The van der Waals surface area contributed by atoms with Crippen molar-refractivity contribution >= 4 is 12.1 Å². The topological polar surface area (TPSA) is 69.2 Å². The van der Waals surface area contributed by atoms with Crippen LogP contribution in [-0.2, 0) is 11.3 Å². The van der Waals surface area contributed by atoms with Gasteiger partial charge in [0, 0.05) is 33.2 Å². The number of aryl methyl sites for hydroxylation is 1. The monoisotopic (exact) mass is 443 g/mol. The maximum absolute atomic E-state index is 12.0. The summed E-state index contributed by atoms with van der Waals surface area (Å²) in [6, 6.07) is 8.98. The molecule has 1 aromatic carbocycles. The van der Waals surface area contributed by atoms with Crippen molar-refractivity contribution in [1.29, 1.82) is 0 Å². The Balaban J connectivity index is 1.37. The first-order valence-corrected chi connectivity index (χ1v) is 11.9. The van der Waals surface area contributed by atoms with Crippen LogP contribution in [0.4, 0.5) is 4.79 Å². The van der Waals surface area contributed by atoms with Crippen molar-refractivity contribution in [2.45, 2.75) is 65.1 Å². The van der Waals surface area contributed by atoms with E-state index in [9.17, 15) is 4.79 Å². The summed E-state index contributed by atoms with van der Waals surface area (Å²) in [4.78, 5) is 21.3. The molecule has 1 aromatic rings. The van der Waals surface area contributed by atoms with Crippen LogP contribution >= 0.6 is 0 Å². The Hall–Kier alpha value is -2.28. The molecule has 1 atom stereocenters. The van der Waals surface area contributed by atoms with Gasteiger partial charge in [-0.3, -0.25) is 9.89 Å². The predicted molar refractivity (Wildman–Crippen MR) is 130 cm³/mol. The van der Waals surface area contributed by atoms with Gasteiger partial charge in [0.05, 0.1) is 6.04 Å². The lowest BCUT2D eigenvalue weighted by atomic mass is 9.96. The van der Waals surface area contributed by atoms with Crippen LogP contribution in [0.3, 0.4) is 0 Å². The third-order valence-electron chi connectivity index (χ3n) is 6.20. The normalized spacial score (nSPS) is 21.0. The van der Waals surface area contributed by atoms with E-state index in [1.165, 1.54) is 24.0 Å². The highest BCUT2D eigenvalue weighted by molar-refractivity contribution is 5.80. The predicted octanol–water partition coefficient (Wildman–Crippen LogP) is 3.38. The Morgan fingerprint density at radius 2 is 1.81 bits per heavy atom. The minimum Gasteiger partial charge on any atom is -0.444 e. The van der Waals surface area contributed by atoms with E-state index in [1.807, 2.05) is 27.8 Å². The molecule has 178 valence electrons. The van der Waals surface area contributed by atoms with Crippen molar-refractivity contribution in [1.82, 2.24) is 20.4 Å². The smallest absolute Gasteiger partial charge is 0.407 e. The van der Waals surface area contributed by atoms with Crippen molar-refractivity contribution in [3.63, 3.8) is 0 Å². The second-order valence-corrected chi connectivity index (χ2v) is 10.2. The van der Waals surface area contributed by atoms with Crippen LogP contribution in [0.2, 0.25) is 0 Å². The first-order chi connectivity index (χ1) is 15.2. The Bertz CT molecular complexity index is 764. The number of hydrogen-bond acceptors (Lipinski definition) is 4. The van der Waals surface area contributed by atoms with Gasteiger partial charge in [-0.25, -0.2) is 4.79 Å². The molecule has 1 unspecified atom stereocenters. The van der Waals surface area contributed by atoms with Crippen molar-refractivity contribution < 1.29 is 9.53 Å². The Kier molecular flexibility index (Phi) is 8.40.